The number of fused-ring (bicyclic) bond motifs is 3. The van der Waals surface area contributed by atoms with E-state index in [-0.39, 0.29) is 11.8 Å². The van der Waals surface area contributed by atoms with E-state index in [1.54, 1.807) is 4.68 Å². The monoisotopic (exact) mass is 532 g/mol. The molecule has 2 unspecified atom stereocenters. The van der Waals surface area contributed by atoms with Crippen molar-refractivity contribution in [1.29, 1.82) is 0 Å². The molecule has 0 bridgehead atoms. The molecule has 0 N–H and O–H groups in total. The number of piperidine rings is 1. The van der Waals surface area contributed by atoms with E-state index < -0.39 is 0 Å². The fraction of sp³-hybridized carbons (Fsp3) is 0.500. The molecule has 150 valence electrons. The van der Waals surface area contributed by atoms with Gasteiger partial charge in [0.25, 0.3) is 0 Å². The molecule has 8 heteroatoms. The maximum Gasteiger partial charge on any atom is 0.222 e. The summed E-state index contributed by atoms with van der Waals surface area (Å²) in [5, 5.41) is 5.74. The van der Waals surface area contributed by atoms with E-state index in [1.807, 2.05) is 30.3 Å². The molecule has 2 atom stereocenters. The molecule has 2 aliphatic rings. The SMILES string of the molecule is CN1c2c(Cl)c(Cl)cc(-c3ccn(C)n3)c2C2CN(C(=O)CCCI)CCC21. The number of nitrogens with zero attached hydrogens (tertiary/aromatic N) is 4. The molecule has 3 heterocycles. The van der Waals surface area contributed by atoms with Crippen LogP contribution in [0.5, 0.6) is 0 Å². The van der Waals surface area contributed by atoms with E-state index in [9.17, 15) is 4.79 Å². The first kappa shape index (κ1) is 20.3. The van der Waals surface area contributed by atoms with Gasteiger partial charge in [-0.05, 0) is 30.5 Å². The van der Waals surface area contributed by atoms with Gasteiger partial charge in [0.1, 0.15) is 0 Å². The summed E-state index contributed by atoms with van der Waals surface area (Å²) in [5.41, 5.74) is 4.07. The number of carbonyl (C=O) groups is 1. The lowest BCUT2D eigenvalue weighted by atomic mass is 9.85. The third-order valence-electron chi connectivity index (χ3n) is 5.90. The molecule has 4 rings (SSSR count). The van der Waals surface area contributed by atoms with E-state index in [2.05, 4.69) is 39.6 Å². The summed E-state index contributed by atoms with van der Waals surface area (Å²) in [6.07, 6.45) is 4.42. The van der Waals surface area contributed by atoms with Crippen LogP contribution in [0.4, 0.5) is 5.69 Å². The number of aryl methyl sites for hydroxylation is 1. The number of hydrogen-bond donors (Lipinski definition) is 0. The summed E-state index contributed by atoms with van der Waals surface area (Å²) >= 11 is 15.5. The van der Waals surface area contributed by atoms with Gasteiger partial charge in [0.15, 0.2) is 0 Å². The summed E-state index contributed by atoms with van der Waals surface area (Å²) in [6, 6.07) is 4.25. The van der Waals surface area contributed by atoms with Gasteiger partial charge in [0.05, 0.1) is 21.4 Å². The molecule has 1 aromatic heterocycles. The molecule has 1 saturated heterocycles. The minimum absolute atomic E-state index is 0.212. The van der Waals surface area contributed by atoms with Gasteiger partial charge in [-0.25, -0.2) is 0 Å². The number of benzene rings is 1. The lowest BCUT2D eigenvalue weighted by molar-refractivity contribution is -0.132. The van der Waals surface area contributed by atoms with Crippen molar-refractivity contribution in [2.45, 2.75) is 31.2 Å². The van der Waals surface area contributed by atoms with E-state index in [4.69, 9.17) is 23.2 Å². The van der Waals surface area contributed by atoms with Crippen LogP contribution in [0.25, 0.3) is 11.3 Å². The number of carbonyl (C=O) groups excluding carboxylic acids is 1. The number of aromatic nitrogens is 2. The minimum atomic E-state index is 0.212. The number of hydrogen-bond acceptors (Lipinski definition) is 3. The van der Waals surface area contributed by atoms with Gasteiger partial charge < -0.3 is 9.80 Å². The molecular formula is C20H23Cl2IN4O. The molecule has 1 amide bonds. The lowest BCUT2D eigenvalue weighted by Crippen LogP contribution is -2.47. The predicted octanol–water partition coefficient (Wildman–Crippen LogP) is 4.74. The first-order chi connectivity index (χ1) is 13.4. The van der Waals surface area contributed by atoms with Crippen molar-refractivity contribution in [3.63, 3.8) is 0 Å². The second kappa shape index (κ2) is 8.03. The van der Waals surface area contributed by atoms with Gasteiger partial charge in [-0.2, -0.15) is 5.10 Å². The molecule has 1 aromatic carbocycles. The summed E-state index contributed by atoms with van der Waals surface area (Å²) in [5.74, 6) is 0.467. The molecule has 2 aliphatic heterocycles. The fourth-order valence-electron chi connectivity index (χ4n) is 4.57. The van der Waals surface area contributed by atoms with E-state index in [0.717, 1.165) is 47.3 Å². The largest absolute Gasteiger partial charge is 0.369 e. The fourth-order valence-corrected chi connectivity index (χ4v) is 5.44. The van der Waals surface area contributed by atoms with Crippen LogP contribution < -0.4 is 4.90 Å². The number of likely N-dealkylation sites (N-methyl/N-ethyl adjacent to an activating group) is 1. The Hall–Kier alpha value is -0.990. The Labute approximate surface area is 189 Å². The highest BCUT2D eigenvalue weighted by Gasteiger charge is 2.44. The number of likely N-dealkylation sites (tertiary alicyclic amines) is 1. The first-order valence-corrected chi connectivity index (χ1v) is 11.8. The summed E-state index contributed by atoms with van der Waals surface area (Å²) in [7, 11) is 3.99. The van der Waals surface area contributed by atoms with Crippen molar-refractivity contribution in [1.82, 2.24) is 14.7 Å². The third kappa shape index (κ3) is 3.41. The Balaban J connectivity index is 1.76. The Kier molecular flexibility index (Phi) is 5.82. The highest BCUT2D eigenvalue weighted by molar-refractivity contribution is 14.1. The Morgan fingerprint density at radius 2 is 2.14 bits per heavy atom. The molecule has 0 saturated carbocycles. The number of halogens is 3. The number of amides is 1. The highest BCUT2D eigenvalue weighted by Crippen LogP contribution is 2.53. The van der Waals surface area contributed by atoms with Crippen molar-refractivity contribution in [3.8, 4) is 11.3 Å². The van der Waals surface area contributed by atoms with Crippen LogP contribution in [0.3, 0.4) is 0 Å². The van der Waals surface area contributed by atoms with Crippen molar-refractivity contribution >= 4 is 57.4 Å². The molecule has 2 aromatic rings. The van der Waals surface area contributed by atoms with Gasteiger partial charge in [0.2, 0.25) is 5.91 Å². The van der Waals surface area contributed by atoms with Crippen LogP contribution in [0.15, 0.2) is 18.3 Å². The van der Waals surface area contributed by atoms with Gasteiger partial charge in [-0.3, -0.25) is 9.48 Å². The van der Waals surface area contributed by atoms with E-state index in [0.29, 0.717) is 22.5 Å². The van der Waals surface area contributed by atoms with E-state index >= 15 is 0 Å². The second-order valence-electron chi connectivity index (χ2n) is 7.56. The molecule has 0 spiro atoms. The molecular weight excluding hydrogens is 510 g/mol. The number of anilines is 1. The summed E-state index contributed by atoms with van der Waals surface area (Å²) in [4.78, 5) is 17.0. The van der Waals surface area contributed by atoms with Crippen molar-refractivity contribution in [3.05, 3.63) is 33.9 Å². The third-order valence-corrected chi connectivity index (χ3v) is 7.44. The lowest BCUT2D eigenvalue weighted by Gasteiger charge is -2.38. The maximum atomic E-state index is 12.7. The average Bonchev–Trinajstić information content (AvgIpc) is 3.24. The summed E-state index contributed by atoms with van der Waals surface area (Å²) < 4.78 is 2.80. The van der Waals surface area contributed by atoms with Gasteiger partial charge in [-0.15, -0.1) is 0 Å². The van der Waals surface area contributed by atoms with Crippen LogP contribution in [0.1, 0.15) is 30.7 Å². The van der Waals surface area contributed by atoms with Gasteiger partial charge in [0, 0.05) is 61.8 Å². The van der Waals surface area contributed by atoms with Gasteiger partial charge in [-0.1, -0.05) is 45.8 Å². The van der Waals surface area contributed by atoms with Gasteiger partial charge >= 0.3 is 0 Å². The second-order valence-corrected chi connectivity index (χ2v) is 9.43. The molecule has 0 radical (unpaired) electrons. The molecule has 28 heavy (non-hydrogen) atoms. The zero-order valence-corrected chi connectivity index (χ0v) is 19.6. The quantitative estimate of drug-likeness (QED) is 0.422. The molecule has 5 nitrogen and oxygen atoms in total. The molecule has 1 fully saturated rings. The molecule has 0 aliphatic carbocycles. The van der Waals surface area contributed by atoms with Crippen LogP contribution >= 0.6 is 45.8 Å². The Bertz CT molecular complexity index is 916. The maximum absolute atomic E-state index is 12.7. The standard InChI is InChI=1S/C20H23Cl2IN4O/c1-25-8-5-15(24-25)12-10-14(21)19(22)20-18(12)13-11-27(17(28)4-3-7-23)9-6-16(13)26(20)2/h5,8,10,13,16H,3-4,6-7,9,11H2,1-2H3. The summed E-state index contributed by atoms with van der Waals surface area (Å²) in [6.45, 7) is 1.52. The van der Waals surface area contributed by atoms with Crippen LogP contribution in [-0.4, -0.2) is 51.2 Å². The van der Waals surface area contributed by atoms with Crippen LogP contribution in [0, 0.1) is 0 Å². The predicted molar refractivity (Wildman–Crippen MR) is 123 cm³/mol. The topological polar surface area (TPSA) is 41.4 Å². The van der Waals surface area contributed by atoms with Crippen molar-refractivity contribution in [2.24, 2.45) is 7.05 Å². The number of rotatable bonds is 4. The Morgan fingerprint density at radius 1 is 1.36 bits per heavy atom. The van der Waals surface area contributed by atoms with Crippen molar-refractivity contribution in [2.75, 3.05) is 29.5 Å². The zero-order chi connectivity index (χ0) is 20.0. The number of alkyl halides is 1. The minimum Gasteiger partial charge on any atom is -0.369 e. The van der Waals surface area contributed by atoms with Crippen molar-refractivity contribution < 1.29 is 4.79 Å². The smallest absolute Gasteiger partial charge is 0.222 e. The van der Waals surface area contributed by atoms with Crippen LogP contribution in [0.2, 0.25) is 10.0 Å². The average molecular weight is 533 g/mol. The Morgan fingerprint density at radius 3 is 2.82 bits per heavy atom. The zero-order valence-electron chi connectivity index (χ0n) is 16.0. The normalized spacial score (nSPS) is 21.0. The highest BCUT2D eigenvalue weighted by atomic mass is 127. The first-order valence-electron chi connectivity index (χ1n) is 9.50. The van der Waals surface area contributed by atoms with Crippen LogP contribution in [-0.2, 0) is 11.8 Å². The van der Waals surface area contributed by atoms with E-state index in [1.165, 1.54) is 5.56 Å².